The van der Waals surface area contributed by atoms with Crippen LogP contribution in [-0.4, -0.2) is 85.6 Å². The van der Waals surface area contributed by atoms with Crippen molar-refractivity contribution in [3.05, 3.63) is 0 Å². The Labute approximate surface area is 115 Å². The van der Waals surface area contributed by atoms with E-state index >= 15 is 0 Å². The Bertz CT molecular complexity index is 305. The minimum absolute atomic E-state index is 0.346. The Hall–Kier alpha value is -0.650. The van der Waals surface area contributed by atoms with Crippen LogP contribution in [-0.2, 0) is 4.79 Å². The summed E-state index contributed by atoms with van der Waals surface area (Å²) in [7, 11) is 0. The third-order valence-corrected chi connectivity index (χ3v) is 4.67. The molecule has 0 aromatic heterocycles. The molecular formula is C14H26N4O. The summed E-state index contributed by atoms with van der Waals surface area (Å²) in [5, 5.41) is 3.39. The van der Waals surface area contributed by atoms with E-state index in [2.05, 4.69) is 20.0 Å². The van der Waals surface area contributed by atoms with E-state index in [0.717, 1.165) is 39.3 Å². The van der Waals surface area contributed by atoms with Gasteiger partial charge in [0.15, 0.2) is 0 Å². The van der Waals surface area contributed by atoms with Crippen LogP contribution >= 0.6 is 0 Å². The fourth-order valence-corrected chi connectivity index (χ4v) is 3.38. The second kappa shape index (κ2) is 6.20. The van der Waals surface area contributed by atoms with Gasteiger partial charge in [-0.25, -0.2) is 0 Å². The van der Waals surface area contributed by atoms with Crippen LogP contribution in [0.5, 0.6) is 0 Å². The summed E-state index contributed by atoms with van der Waals surface area (Å²) in [4.78, 5) is 19.1. The van der Waals surface area contributed by atoms with E-state index in [1.165, 1.54) is 32.4 Å². The number of nitrogens with one attached hydrogen (secondary N) is 1. The summed E-state index contributed by atoms with van der Waals surface area (Å²) >= 11 is 0. The maximum atomic E-state index is 12.1. The van der Waals surface area contributed by atoms with Gasteiger partial charge in [0.1, 0.15) is 0 Å². The maximum absolute atomic E-state index is 12.1. The van der Waals surface area contributed by atoms with Crippen LogP contribution < -0.4 is 5.32 Å². The van der Waals surface area contributed by atoms with Gasteiger partial charge in [-0.2, -0.15) is 0 Å². The second-order valence-corrected chi connectivity index (χ2v) is 6.08. The fraction of sp³-hybridized carbons (Fsp3) is 0.929. The lowest BCUT2D eigenvalue weighted by molar-refractivity contribution is -0.135. The average molecular weight is 266 g/mol. The average Bonchev–Trinajstić information content (AvgIpc) is 2.44. The minimum Gasteiger partial charge on any atom is -0.342 e. The van der Waals surface area contributed by atoms with Crippen LogP contribution in [0.3, 0.4) is 0 Å². The highest BCUT2D eigenvalue weighted by Gasteiger charge is 2.33. The zero-order chi connectivity index (χ0) is 13.1. The highest BCUT2D eigenvalue weighted by atomic mass is 16.2. The van der Waals surface area contributed by atoms with Gasteiger partial charge < -0.3 is 10.2 Å². The zero-order valence-corrected chi connectivity index (χ0v) is 11.8. The van der Waals surface area contributed by atoms with Crippen molar-refractivity contribution in [3.63, 3.8) is 0 Å². The molecule has 3 heterocycles. The van der Waals surface area contributed by atoms with Crippen molar-refractivity contribution in [3.8, 4) is 0 Å². The molecule has 0 unspecified atom stereocenters. The standard InChI is InChI=1S/C14H26N4O/c19-14(18-6-2-1-3-7-18)12-16-10-13(11-16)17-8-4-15-5-9-17/h13,15H,1-12H2. The molecule has 0 radical (unpaired) electrons. The first-order valence-electron chi connectivity index (χ1n) is 7.78. The molecule has 0 atom stereocenters. The third kappa shape index (κ3) is 3.27. The number of rotatable bonds is 3. The molecule has 3 rings (SSSR count). The molecule has 3 fully saturated rings. The van der Waals surface area contributed by atoms with Crippen LogP contribution in [0, 0.1) is 0 Å². The number of hydrogen-bond donors (Lipinski definition) is 1. The molecule has 1 N–H and O–H groups in total. The Morgan fingerprint density at radius 1 is 1.00 bits per heavy atom. The fourth-order valence-electron chi connectivity index (χ4n) is 3.38. The summed E-state index contributed by atoms with van der Waals surface area (Å²) < 4.78 is 0. The van der Waals surface area contributed by atoms with Crippen molar-refractivity contribution < 1.29 is 4.79 Å². The summed E-state index contributed by atoms with van der Waals surface area (Å²) in [5.74, 6) is 0.346. The molecule has 0 aliphatic carbocycles. The molecule has 0 aromatic rings. The van der Waals surface area contributed by atoms with Crippen molar-refractivity contribution in [2.45, 2.75) is 25.3 Å². The summed E-state index contributed by atoms with van der Waals surface area (Å²) in [5.41, 5.74) is 0. The van der Waals surface area contributed by atoms with Gasteiger partial charge >= 0.3 is 0 Å². The minimum atomic E-state index is 0.346. The van der Waals surface area contributed by atoms with Crippen molar-refractivity contribution in [1.82, 2.24) is 20.0 Å². The molecule has 0 spiro atoms. The first-order chi connectivity index (χ1) is 9.33. The molecule has 5 nitrogen and oxygen atoms in total. The maximum Gasteiger partial charge on any atom is 0.236 e. The van der Waals surface area contributed by atoms with Gasteiger partial charge in [-0.15, -0.1) is 0 Å². The van der Waals surface area contributed by atoms with E-state index in [4.69, 9.17) is 0 Å². The number of carbonyl (C=O) groups is 1. The van der Waals surface area contributed by atoms with E-state index in [0.29, 0.717) is 18.5 Å². The predicted molar refractivity (Wildman–Crippen MR) is 75.1 cm³/mol. The number of likely N-dealkylation sites (tertiary alicyclic amines) is 2. The normalized spacial score (nSPS) is 27.3. The Kier molecular flexibility index (Phi) is 4.35. The molecule has 19 heavy (non-hydrogen) atoms. The first-order valence-corrected chi connectivity index (χ1v) is 7.78. The number of piperidine rings is 1. The van der Waals surface area contributed by atoms with Crippen LogP contribution in [0.1, 0.15) is 19.3 Å². The lowest BCUT2D eigenvalue weighted by Crippen LogP contribution is -2.64. The van der Waals surface area contributed by atoms with Gasteiger partial charge in [0, 0.05) is 58.4 Å². The molecule has 0 bridgehead atoms. The number of carbonyl (C=O) groups excluding carboxylic acids is 1. The SMILES string of the molecule is O=C(CN1CC(N2CCNCC2)C1)N1CCCCC1. The largest absolute Gasteiger partial charge is 0.342 e. The Balaban J connectivity index is 1.37. The van der Waals surface area contributed by atoms with Crippen molar-refractivity contribution >= 4 is 5.91 Å². The lowest BCUT2D eigenvalue weighted by atomic mass is 10.1. The second-order valence-electron chi connectivity index (χ2n) is 6.08. The molecule has 3 saturated heterocycles. The van der Waals surface area contributed by atoms with Crippen LogP contribution in [0.4, 0.5) is 0 Å². The smallest absolute Gasteiger partial charge is 0.236 e. The van der Waals surface area contributed by atoms with Gasteiger partial charge in [0.2, 0.25) is 5.91 Å². The van der Waals surface area contributed by atoms with Gasteiger partial charge in [-0.1, -0.05) is 0 Å². The third-order valence-electron chi connectivity index (χ3n) is 4.67. The Morgan fingerprint density at radius 2 is 1.68 bits per heavy atom. The molecule has 108 valence electrons. The first kappa shape index (κ1) is 13.3. The van der Waals surface area contributed by atoms with Crippen molar-refractivity contribution in [2.24, 2.45) is 0 Å². The number of piperazine rings is 1. The van der Waals surface area contributed by atoms with E-state index in [-0.39, 0.29) is 0 Å². The molecule has 0 aromatic carbocycles. The predicted octanol–water partition coefficient (Wildman–Crippen LogP) is -0.412. The van der Waals surface area contributed by atoms with Crippen LogP contribution in [0.15, 0.2) is 0 Å². The van der Waals surface area contributed by atoms with Crippen molar-refractivity contribution in [1.29, 1.82) is 0 Å². The summed E-state index contributed by atoms with van der Waals surface area (Å²) in [6.45, 7) is 9.33. The van der Waals surface area contributed by atoms with Gasteiger partial charge in [0.05, 0.1) is 6.54 Å². The van der Waals surface area contributed by atoms with E-state index < -0.39 is 0 Å². The van der Waals surface area contributed by atoms with Crippen LogP contribution in [0.25, 0.3) is 0 Å². The number of hydrogen-bond acceptors (Lipinski definition) is 4. The highest BCUT2D eigenvalue weighted by Crippen LogP contribution is 2.16. The quantitative estimate of drug-likeness (QED) is 0.754. The molecular weight excluding hydrogens is 240 g/mol. The van der Waals surface area contributed by atoms with E-state index in [9.17, 15) is 4.79 Å². The van der Waals surface area contributed by atoms with E-state index in [1.54, 1.807) is 0 Å². The molecule has 0 saturated carbocycles. The monoisotopic (exact) mass is 266 g/mol. The highest BCUT2D eigenvalue weighted by molar-refractivity contribution is 5.78. The topological polar surface area (TPSA) is 38.8 Å². The molecule has 1 amide bonds. The number of amides is 1. The van der Waals surface area contributed by atoms with Crippen molar-refractivity contribution in [2.75, 3.05) is 58.9 Å². The van der Waals surface area contributed by atoms with Gasteiger partial charge in [-0.3, -0.25) is 14.6 Å². The number of nitrogens with zero attached hydrogens (tertiary/aromatic N) is 3. The van der Waals surface area contributed by atoms with Gasteiger partial charge in [-0.05, 0) is 19.3 Å². The molecule has 5 heteroatoms. The van der Waals surface area contributed by atoms with E-state index in [1.807, 2.05) is 0 Å². The molecule has 3 aliphatic rings. The van der Waals surface area contributed by atoms with Gasteiger partial charge in [0.25, 0.3) is 0 Å². The summed E-state index contributed by atoms with van der Waals surface area (Å²) in [6.07, 6.45) is 3.67. The van der Waals surface area contributed by atoms with Crippen LogP contribution in [0.2, 0.25) is 0 Å². The Morgan fingerprint density at radius 3 is 2.37 bits per heavy atom. The lowest BCUT2D eigenvalue weighted by Gasteiger charge is -2.47. The zero-order valence-electron chi connectivity index (χ0n) is 11.8. The summed E-state index contributed by atoms with van der Waals surface area (Å²) in [6, 6.07) is 0.691. The molecule has 3 aliphatic heterocycles.